The van der Waals surface area contributed by atoms with Crippen LogP contribution in [0.1, 0.15) is 26.2 Å². The summed E-state index contributed by atoms with van der Waals surface area (Å²) in [6.45, 7) is 5.40. The quantitative estimate of drug-likeness (QED) is 0.581. The molecular weight excluding hydrogens is 124 g/mol. The summed E-state index contributed by atoms with van der Waals surface area (Å²) in [6.07, 6.45) is 8.58. The van der Waals surface area contributed by atoms with Gasteiger partial charge in [-0.2, -0.15) is 0 Å². The first-order valence-corrected chi connectivity index (χ1v) is 3.71. The molecule has 0 fully saturated rings. The Labute approximate surface area is 63.1 Å². The Morgan fingerprint density at radius 1 is 1.50 bits per heavy atom. The van der Waals surface area contributed by atoms with E-state index in [1.165, 1.54) is 0 Å². The van der Waals surface area contributed by atoms with Gasteiger partial charge in [-0.15, -0.1) is 6.58 Å². The second kappa shape index (κ2) is 6.56. The molecule has 0 saturated heterocycles. The molecule has 0 amide bonds. The lowest BCUT2D eigenvalue weighted by Crippen LogP contribution is -1.96. The molecule has 1 unspecified atom stereocenters. The SMILES string of the molecule is C=CCC=CCCC(C)O. The van der Waals surface area contributed by atoms with Crippen molar-refractivity contribution in [1.29, 1.82) is 0 Å². The fourth-order valence-corrected chi connectivity index (χ4v) is 0.648. The highest BCUT2D eigenvalue weighted by atomic mass is 16.3. The van der Waals surface area contributed by atoms with Gasteiger partial charge in [-0.1, -0.05) is 18.2 Å². The highest BCUT2D eigenvalue weighted by Gasteiger charge is 1.89. The van der Waals surface area contributed by atoms with Gasteiger partial charge >= 0.3 is 0 Å². The number of rotatable bonds is 5. The topological polar surface area (TPSA) is 20.2 Å². The molecule has 1 heteroatoms. The largest absolute Gasteiger partial charge is 0.393 e. The Morgan fingerprint density at radius 3 is 2.70 bits per heavy atom. The maximum Gasteiger partial charge on any atom is 0.0515 e. The molecule has 0 bridgehead atoms. The molecule has 58 valence electrons. The van der Waals surface area contributed by atoms with Crippen molar-refractivity contribution >= 4 is 0 Å². The molecule has 0 aliphatic carbocycles. The van der Waals surface area contributed by atoms with Gasteiger partial charge in [0.1, 0.15) is 0 Å². The van der Waals surface area contributed by atoms with E-state index in [2.05, 4.69) is 18.7 Å². The van der Waals surface area contributed by atoms with Crippen LogP contribution in [0.3, 0.4) is 0 Å². The van der Waals surface area contributed by atoms with Crippen molar-refractivity contribution < 1.29 is 5.11 Å². The third-order valence-electron chi connectivity index (χ3n) is 1.22. The number of hydrogen-bond acceptors (Lipinski definition) is 1. The molecule has 1 nitrogen and oxygen atoms in total. The van der Waals surface area contributed by atoms with Gasteiger partial charge in [0.25, 0.3) is 0 Å². The average Bonchev–Trinajstić information content (AvgIpc) is 1.87. The third-order valence-corrected chi connectivity index (χ3v) is 1.22. The van der Waals surface area contributed by atoms with E-state index in [4.69, 9.17) is 5.11 Å². The van der Waals surface area contributed by atoms with E-state index in [1.807, 2.05) is 6.08 Å². The molecule has 1 N–H and O–H groups in total. The van der Waals surface area contributed by atoms with E-state index in [9.17, 15) is 0 Å². The number of aliphatic hydroxyl groups excluding tert-OH is 1. The van der Waals surface area contributed by atoms with E-state index in [0.29, 0.717) is 0 Å². The van der Waals surface area contributed by atoms with Crippen molar-refractivity contribution in [2.75, 3.05) is 0 Å². The second-order valence-electron chi connectivity index (χ2n) is 2.42. The van der Waals surface area contributed by atoms with Crippen molar-refractivity contribution in [2.45, 2.75) is 32.3 Å². The van der Waals surface area contributed by atoms with E-state index in [-0.39, 0.29) is 6.10 Å². The zero-order valence-corrected chi connectivity index (χ0v) is 6.59. The Bertz CT molecular complexity index is 103. The minimum atomic E-state index is -0.173. The summed E-state index contributed by atoms with van der Waals surface area (Å²) in [7, 11) is 0. The summed E-state index contributed by atoms with van der Waals surface area (Å²) < 4.78 is 0. The van der Waals surface area contributed by atoms with Gasteiger partial charge in [-0.3, -0.25) is 0 Å². The van der Waals surface area contributed by atoms with Crippen molar-refractivity contribution in [1.82, 2.24) is 0 Å². The first kappa shape index (κ1) is 9.44. The van der Waals surface area contributed by atoms with Crippen LogP contribution in [0.4, 0.5) is 0 Å². The summed E-state index contributed by atoms with van der Waals surface area (Å²) >= 11 is 0. The van der Waals surface area contributed by atoms with Crippen LogP contribution >= 0.6 is 0 Å². The summed E-state index contributed by atoms with van der Waals surface area (Å²) in [5.74, 6) is 0. The molecule has 0 spiro atoms. The third kappa shape index (κ3) is 7.44. The zero-order chi connectivity index (χ0) is 7.82. The van der Waals surface area contributed by atoms with Crippen LogP contribution in [0.15, 0.2) is 24.8 Å². The van der Waals surface area contributed by atoms with Gasteiger partial charge in [0.05, 0.1) is 6.10 Å². The fraction of sp³-hybridized carbons (Fsp3) is 0.556. The summed E-state index contributed by atoms with van der Waals surface area (Å²) in [5, 5.41) is 8.85. The molecule has 0 radical (unpaired) electrons. The lowest BCUT2D eigenvalue weighted by atomic mass is 10.2. The molecule has 0 aliphatic heterocycles. The molecule has 1 atom stereocenters. The smallest absolute Gasteiger partial charge is 0.0515 e. The maximum absolute atomic E-state index is 8.85. The predicted molar refractivity (Wildman–Crippen MR) is 44.9 cm³/mol. The summed E-state index contributed by atoms with van der Waals surface area (Å²) in [5.41, 5.74) is 0. The van der Waals surface area contributed by atoms with Crippen LogP contribution in [0, 0.1) is 0 Å². The van der Waals surface area contributed by atoms with Gasteiger partial charge in [-0.25, -0.2) is 0 Å². The number of aliphatic hydroxyl groups is 1. The average molecular weight is 140 g/mol. The van der Waals surface area contributed by atoms with Crippen LogP contribution in [-0.2, 0) is 0 Å². The normalized spacial score (nSPS) is 13.8. The minimum absolute atomic E-state index is 0.173. The van der Waals surface area contributed by atoms with Gasteiger partial charge < -0.3 is 5.11 Å². The Hall–Kier alpha value is -0.560. The lowest BCUT2D eigenvalue weighted by Gasteiger charge is -1.97. The molecule has 0 heterocycles. The lowest BCUT2D eigenvalue weighted by molar-refractivity contribution is 0.186. The molecule has 10 heavy (non-hydrogen) atoms. The van der Waals surface area contributed by atoms with Crippen molar-refractivity contribution in [3.05, 3.63) is 24.8 Å². The standard InChI is InChI=1S/C9H16O/c1-3-4-5-6-7-8-9(2)10/h3,5-6,9-10H,1,4,7-8H2,2H3. The molecule has 0 aliphatic rings. The Balaban J connectivity index is 3.09. The Kier molecular flexibility index (Phi) is 6.19. The first-order chi connectivity index (χ1) is 4.77. The van der Waals surface area contributed by atoms with Crippen LogP contribution in [0.2, 0.25) is 0 Å². The monoisotopic (exact) mass is 140 g/mol. The second-order valence-corrected chi connectivity index (χ2v) is 2.42. The predicted octanol–water partition coefficient (Wildman–Crippen LogP) is 2.28. The molecule has 0 aromatic rings. The van der Waals surface area contributed by atoms with Gasteiger partial charge in [-0.05, 0) is 26.2 Å². The van der Waals surface area contributed by atoms with Crippen LogP contribution < -0.4 is 0 Å². The van der Waals surface area contributed by atoms with Gasteiger partial charge in [0.15, 0.2) is 0 Å². The van der Waals surface area contributed by atoms with E-state index in [0.717, 1.165) is 19.3 Å². The Morgan fingerprint density at radius 2 is 2.20 bits per heavy atom. The summed E-state index contributed by atoms with van der Waals surface area (Å²) in [6, 6.07) is 0. The van der Waals surface area contributed by atoms with Crippen molar-refractivity contribution in [2.24, 2.45) is 0 Å². The first-order valence-electron chi connectivity index (χ1n) is 3.71. The highest BCUT2D eigenvalue weighted by molar-refractivity contribution is 4.88. The van der Waals surface area contributed by atoms with E-state index < -0.39 is 0 Å². The molecule has 0 saturated carbocycles. The van der Waals surface area contributed by atoms with E-state index >= 15 is 0 Å². The highest BCUT2D eigenvalue weighted by Crippen LogP contribution is 1.97. The molecule has 0 aromatic carbocycles. The van der Waals surface area contributed by atoms with Crippen LogP contribution in [0.25, 0.3) is 0 Å². The summed E-state index contributed by atoms with van der Waals surface area (Å²) in [4.78, 5) is 0. The van der Waals surface area contributed by atoms with Crippen LogP contribution in [0.5, 0.6) is 0 Å². The maximum atomic E-state index is 8.85. The van der Waals surface area contributed by atoms with Crippen molar-refractivity contribution in [3.8, 4) is 0 Å². The van der Waals surface area contributed by atoms with E-state index in [1.54, 1.807) is 6.92 Å². The molecule has 0 aromatic heterocycles. The molecule has 0 rings (SSSR count). The fourth-order valence-electron chi connectivity index (χ4n) is 0.648. The van der Waals surface area contributed by atoms with Gasteiger partial charge in [0, 0.05) is 0 Å². The van der Waals surface area contributed by atoms with Crippen molar-refractivity contribution in [3.63, 3.8) is 0 Å². The minimum Gasteiger partial charge on any atom is -0.393 e. The number of hydrogen-bond donors (Lipinski definition) is 1. The zero-order valence-electron chi connectivity index (χ0n) is 6.59. The molecular formula is C9H16O. The number of allylic oxidation sites excluding steroid dienone is 3. The van der Waals surface area contributed by atoms with Gasteiger partial charge in [0.2, 0.25) is 0 Å². The van der Waals surface area contributed by atoms with Crippen LogP contribution in [-0.4, -0.2) is 11.2 Å².